The number of ether oxygens (including phenoxy) is 1. The van der Waals surface area contributed by atoms with Crippen molar-refractivity contribution >= 4 is 35.2 Å². The van der Waals surface area contributed by atoms with E-state index < -0.39 is 29.7 Å². The van der Waals surface area contributed by atoms with Crippen LogP contribution in [-0.2, 0) is 27.0 Å². The molecule has 0 spiro atoms. The van der Waals surface area contributed by atoms with E-state index in [0.29, 0.717) is 12.6 Å². The third-order valence-corrected chi connectivity index (χ3v) is 5.45. The number of benzene rings is 1. The number of carbonyl (C=O) groups is 2. The van der Waals surface area contributed by atoms with Gasteiger partial charge in [0.2, 0.25) is 0 Å². The molecule has 1 N–H and O–H groups in total. The van der Waals surface area contributed by atoms with Gasteiger partial charge in [-0.15, -0.1) is 0 Å². The van der Waals surface area contributed by atoms with E-state index in [1.807, 2.05) is 30.5 Å². The van der Waals surface area contributed by atoms with Crippen LogP contribution in [0.3, 0.4) is 0 Å². The van der Waals surface area contributed by atoms with Gasteiger partial charge in [-0.25, -0.2) is 4.79 Å². The van der Waals surface area contributed by atoms with Crippen molar-refractivity contribution in [2.45, 2.75) is 39.6 Å². The van der Waals surface area contributed by atoms with Crippen LogP contribution in [0.2, 0.25) is 5.02 Å². The van der Waals surface area contributed by atoms with Gasteiger partial charge < -0.3 is 19.0 Å². The van der Waals surface area contributed by atoms with Crippen LogP contribution >= 0.6 is 11.6 Å². The number of furan rings is 1. The highest BCUT2D eigenvalue weighted by atomic mass is 35.5. The van der Waals surface area contributed by atoms with Gasteiger partial charge in [0, 0.05) is 17.5 Å². The van der Waals surface area contributed by atoms with E-state index in [2.05, 4.69) is 5.32 Å². The number of nitrogens with zero attached hydrogens (tertiary/aromatic N) is 1. The Morgan fingerprint density at radius 1 is 1.24 bits per heavy atom. The molecule has 2 heterocycles. The summed E-state index contributed by atoms with van der Waals surface area (Å²) in [6.07, 6.45) is -1.52. The molecule has 0 aliphatic rings. The van der Waals surface area contributed by atoms with Gasteiger partial charge in [0.25, 0.3) is 5.91 Å². The first-order valence-corrected chi connectivity index (χ1v) is 10.6. The number of rotatable bonds is 7. The Kier molecular flexibility index (Phi) is 7.56. The van der Waals surface area contributed by atoms with Crippen LogP contribution in [0.4, 0.5) is 18.9 Å². The number of nitrogens with one attached hydrogen (secondary N) is 1. The van der Waals surface area contributed by atoms with E-state index in [1.165, 1.54) is 13.0 Å². The number of aromatic nitrogens is 1. The van der Waals surface area contributed by atoms with E-state index in [-0.39, 0.29) is 10.7 Å². The SMILES string of the molecule is Cc1cc(/C=C/C(=O)OC(C)C(=O)Nc2cc(C(F)(F)F)ccc2Cl)c(C)n1Cc1ccco1. The number of halogens is 4. The van der Waals surface area contributed by atoms with Crippen molar-refractivity contribution in [3.8, 4) is 0 Å². The molecule has 180 valence electrons. The molecule has 0 fully saturated rings. The number of esters is 1. The average Bonchev–Trinajstić information content (AvgIpc) is 3.36. The summed E-state index contributed by atoms with van der Waals surface area (Å²) >= 11 is 5.88. The van der Waals surface area contributed by atoms with Gasteiger partial charge in [-0.1, -0.05) is 11.6 Å². The molecule has 6 nitrogen and oxygen atoms in total. The van der Waals surface area contributed by atoms with Crippen molar-refractivity contribution < 1.29 is 31.9 Å². The fourth-order valence-electron chi connectivity index (χ4n) is 3.25. The zero-order valence-electron chi connectivity index (χ0n) is 18.6. The summed E-state index contributed by atoms with van der Waals surface area (Å²) in [6.45, 7) is 5.67. The molecule has 0 aliphatic heterocycles. The number of carbonyl (C=O) groups excluding carboxylic acids is 2. The lowest BCUT2D eigenvalue weighted by molar-refractivity contribution is -0.148. The molecule has 0 radical (unpaired) electrons. The standard InChI is InChI=1S/C24H22ClF3N2O4/c1-14-11-17(15(2)30(14)13-19-5-4-10-33-19)6-9-22(31)34-16(3)23(32)29-21-12-18(24(26,27)28)7-8-20(21)25/h4-12,16H,13H2,1-3H3,(H,29,32)/b9-6+. The predicted molar refractivity (Wildman–Crippen MR) is 121 cm³/mol. The molecule has 3 aromatic rings. The molecule has 1 unspecified atom stereocenters. The first-order chi connectivity index (χ1) is 16.0. The molecule has 1 atom stereocenters. The zero-order chi connectivity index (χ0) is 25.0. The second-order valence-electron chi connectivity index (χ2n) is 7.59. The Morgan fingerprint density at radius 2 is 1.97 bits per heavy atom. The van der Waals surface area contributed by atoms with Gasteiger partial charge in [-0.05, 0) is 68.8 Å². The van der Waals surface area contributed by atoms with E-state index >= 15 is 0 Å². The lowest BCUT2D eigenvalue weighted by atomic mass is 10.2. The van der Waals surface area contributed by atoms with E-state index in [4.69, 9.17) is 20.8 Å². The van der Waals surface area contributed by atoms with Crippen LogP contribution in [0.15, 0.2) is 53.2 Å². The van der Waals surface area contributed by atoms with Gasteiger partial charge in [0.15, 0.2) is 6.10 Å². The number of aryl methyl sites for hydroxylation is 1. The molecule has 34 heavy (non-hydrogen) atoms. The van der Waals surface area contributed by atoms with Crippen LogP contribution in [0.1, 0.15) is 35.2 Å². The summed E-state index contributed by atoms with van der Waals surface area (Å²) in [5, 5.41) is 2.18. The van der Waals surface area contributed by atoms with Crippen molar-refractivity contribution in [3.05, 3.63) is 82.0 Å². The third-order valence-electron chi connectivity index (χ3n) is 5.12. The van der Waals surface area contributed by atoms with Crippen molar-refractivity contribution in [1.29, 1.82) is 0 Å². The fourth-order valence-corrected chi connectivity index (χ4v) is 3.42. The van der Waals surface area contributed by atoms with Crippen LogP contribution in [-0.4, -0.2) is 22.5 Å². The minimum Gasteiger partial charge on any atom is -0.467 e. The predicted octanol–water partition coefficient (Wildman–Crippen LogP) is 6.00. The highest BCUT2D eigenvalue weighted by molar-refractivity contribution is 6.33. The van der Waals surface area contributed by atoms with Gasteiger partial charge in [0.05, 0.1) is 29.1 Å². The molecule has 1 amide bonds. The molecule has 10 heteroatoms. The number of alkyl halides is 3. The first kappa shape index (κ1) is 25.2. The summed E-state index contributed by atoms with van der Waals surface area (Å²) in [7, 11) is 0. The van der Waals surface area contributed by atoms with Crippen molar-refractivity contribution in [2.24, 2.45) is 0 Å². The maximum atomic E-state index is 12.9. The molecule has 1 aromatic carbocycles. The monoisotopic (exact) mass is 494 g/mol. The minimum absolute atomic E-state index is 0.0790. The summed E-state index contributed by atoms with van der Waals surface area (Å²) in [6, 6.07) is 8.12. The minimum atomic E-state index is -4.60. The van der Waals surface area contributed by atoms with Gasteiger partial charge in [-0.3, -0.25) is 4.79 Å². The summed E-state index contributed by atoms with van der Waals surface area (Å²) in [4.78, 5) is 24.5. The van der Waals surface area contributed by atoms with E-state index in [9.17, 15) is 22.8 Å². The third kappa shape index (κ3) is 6.11. The smallest absolute Gasteiger partial charge is 0.416 e. The first-order valence-electron chi connectivity index (χ1n) is 10.2. The quantitative estimate of drug-likeness (QED) is 0.323. The van der Waals surface area contributed by atoms with Crippen LogP contribution in [0.5, 0.6) is 0 Å². The van der Waals surface area contributed by atoms with Crippen LogP contribution in [0.25, 0.3) is 6.08 Å². The zero-order valence-corrected chi connectivity index (χ0v) is 19.3. The molecule has 3 rings (SSSR count). The topological polar surface area (TPSA) is 73.5 Å². The van der Waals surface area contributed by atoms with Gasteiger partial charge >= 0.3 is 12.1 Å². The molecular formula is C24H22ClF3N2O4. The fraction of sp³-hybridized carbons (Fsp3) is 0.250. The number of amides is 1. The maximum Gasteiger partial charge on any atom is 0.416 e. The molecule has 0 saturated carbocycles. The summed E-state index contributed by atoms with van der Waals surface area (Å²) in [5.41, 5.74) is 1.46. The molecular weight excluding hydrogens is 473 g/mol. The Labute approximate surface area is 199 Å². The van der Waals surface area contributed by atoms with E-state index in [1.54, 1.807) is 18.4 Å². The van der Waals surface area contributed by atoms with Gasteiger partial charge in [-0.2, -0.15) is 13.2 Å². The number of hydrogen-bond donors (Lipinski definition) is 1. The van der Waals surface area contributed by atoms with E-state index in [0.717, 1.165) is 34.8 Å². The van der Waals surface area contributed by atoms with Crippen LogP contribution in [0, 0.1) is 13.8 Å². The maximum absolute atomic E-state index is 12.9. The highest BCUT2D eigenvalue weighted by Gasteiger charge is 2.31. The number of anilines is 1. The molecule has 0 saturated heterocycles. The summed E-state index contributed by atoms with van der Waals surface area (Å²) < 4.78 is 51.2. The lowest BCUT2D eigenvalue weighted by Gasteiger charge is -2.15. The Bertz CT molecular complexity index is 1210. The normalized spacial score (nSPS) is 12.7. The van der Waals surface area contributed by atoms with Crippen LogP contribution < -0.4 is 5.32 Å². The molecule has 0 bridgehead atoms. The van der Waals surface area contributed by atoms with Crippen molar-refractivity contribution in [3.63, 3.8) is 0 Å². The Balaban J connectivity index is 1.62. The molecule has 0 aliphatic carbocycles. The van der Waals surface area contributed by atoms with Crippen molar-refractivity contribution in [2.75, 3.05) is 5.32 Å². The Hall–Kier alpha value is -3.46. The number of hydrogen-bond acceptors (Lipinski definition) is 4. The summed E-state index contributed by atoms with van der Waals surface area (Å²) in [5.74, 6) is -0.814. The highest BCUT2D eigenvalue weighted by Crippen LogP contribution is 2.33. The Morgan fingerprint density at radius 3 is 2.62 bits per heavy atom. The van der Waals surface area contributed by atoms with Gasteiger partial charge in [0.1, 0.15) is 5.76 Å². The second kappa shape index (κ2) is 10.2. The molecule has 2 aromatic heterocycles. The van der Waals surface area contributed by atoms with Crippen molar-refractivity contribution in [1.82, 2.24) is 4.57 Å². The largest absolute Gasteiger partial charge is 0.467 e. The average molecular weight is 495 g/mol. The second-order valence-corrected chi connectivity index (χ2v) is 7.99. The lowest BCUT2D eigenvalue weighted by Crippen LogP contribution is -2.29.